The number of nitrogens with two attached hydrogens (primary N) is 1. The van der Waals surface area contributed by atoms with Crippen LogP contribution in [0.15, 0.2) is 39.8 Å². The zero-order valence-electron chi connectivity index (χ0n) is 13.1. The summed E-state index contributed by atoms with van der Waals surface area (Å²) in [5.74, 6) is -2.43. The number of rotatable bonds is 6. The second kappa shape index (κ2) is 7.45. The van der Waals surface area contributed by atoms with Gasteiger partial charge in [0.15, 0.2) is 6.61 Å². The third-order valence-corrected chi connectivity index (χ3v) is 3.90. The topological polar surface area (TPSA) is 129 Å². The Morgan fingerprint density at radius 2 is 2.00 bits per heavy atom. The molecule has 0 spiro atoms. The van der Waals surface area contributed by atoms with Crippen LogP contribution in [0.4, 0.5) is 4.39 Å². The number of carbonyl (C=O) groups is 2. The number of hydrogen-bond donors (Lipinski definition) is 2. The lowest BCUT2D eigenvalue weighted by molar-refractivity contribution is -0.124. The summed E-state index contributed by atoms with van der Waals surface area (Å²) in [5.41, 5.74) is 1.04. The number of halogens is 1. The molecule has 0 aliphatic carbocycles. The predicted molar refractivity (Wildman–Crippen MR) is 83.3 cm³/mol. The van der Waals surface area contributed by atoms with Gasteiger partial charge in [-0.3, -0.25) is 4.79 Å². The van der Waals surface area contributed by atoms with Crippen LogP contribution in [0.2, 0.25) is 0 Å². The number of nitrogens with one attached hydrogen (secondary N) is 1. The molecule has 3 N–H and O–H groups in total. The Morgan fingerprint density at radius 3 is 2.60 bits per heavy atom. The van der Waals surface area contributed by atoms with Crippen molar-refractivity contribution >= 4 is 21.9 Å². The van der Waals surface area contributed by atoms with E-state index in [-0.39, 0.29) is 12.4 Å². The van der Waals surface area contributed by atoms with Gasteiger partial charge in [0.25, 0.3) is 15.9 Å². The highest BCUT2D eigenvalue weighted by atomic mass is 32.2. The van der Waals surface area contributed by atoms with Gasteiger partial charge >= 0.3 is 5.97 Å². The van der Waals surface area contributed by atoms with E-state index in [1.807, 2.05) is 0 Å². The zero-order valence-corrected chi connectivity index (χ0v) is 13.9. The number of esters is 1. The molecule has 10 heteroatoms. The molecule has 0 unspecified atom stereocenters. The van der Waals surface area contributed by atoms with E-state index in [1.54, 1.807) is 19.1 Å². The highest BCUT2D eigenvalue weighted by Gasteiger charge is 2.19. The molecule has 0 atom stereocenters. The zero-order chi connectivity index (χ0) is 18.6. The van der Waals surface area contributed by atoms with Gasteiger partial charge in [-0.15, -0.1) is 0 Å². The van der Waals surface area contributed by atoms with Crippen molar-refractivity contribution in [1.29, 1.82) is 0 Å². The van der Waals surface area contributed by atoms with Crippen molar-refractivity contribution in [2.45, 2.75) is 18.6 Å². The van der Waals surface area contributed by atoms with E-state index in [0.29, 0.717) is 11.1 Å². The standard InChI is InChI=1S/C15H15FN2O6S/c1-9-2-3-10(6-11(9)16)7-18-13(19)8-23-15(20)12-4-5-14(24-12)25(17,21)22/h2-6H,7-8H2,1H3,(H,18,19)(H2,17,21,22). The van der Waals surface area contributed by atoms with Gasteiger partial charge in [-0.1, -0.05) is 12.1 Å². The molecule has 134 valence electrons. The largest absolute Gasteiger partial charge is 0.450 e. The molecule has 25 heavy (non-hydrogen) atoms. The molecule has 1 heterocycles. The molecule has 0 saturated heterocycles. The van der Waals surface area contributed by atoms with E-state index < -0.39 is 39.4 Å². The maximum atomic E-state index is 13.4. The van der Waals surface area contributed by atoms with E-state index in [0.717, 1.165) is 12.1 Å². The molecule has 0 saturated carbocycles. The van der Waals surface area contributed by atoms with Crippen molar-refractivity contribution in [1.82, 2.24) is 5.32 Å². The van der Waals surface area contributed by atoms with Gasteiger partial charge in [-0.25, -0.2) is 22.7 Å². The van der Waals surface area contributed by atoms with Gasteiger partial charge in [0, 0.05) is 6.54 Å². The lowest BCUT2D eigenvalue weighted by Gasteiger charge is -2.07. The van der Waals surface area contributed by atoms with E-state index in [2.05, 4.69) is 5.32 Å². The maximum Gasteiger partial charge on any atom is 0.374 e. The molecule has 1 aromatic carbocycles. The second-order valence-corrected chi connectivity index (χ2v) is 6.59. The summed E-state index contributed by atoms with van der Waals surface area (Å²) in [6, 6.07) is 6.59. The number of primary sulfonamides is 1. The van der Waals surface area contributed by atoms with Gasteiger partial charge < -0.3 is 14.5 Å². The number of hydrogen-bond acceptors (Lipinski definition) is 6. The second-order valence-electron chi connectivity index (χ2n) is 5.10. The molecule has 1 amide bonds. The van der Waals surface area contributed by atoms with Gasteiger partial charge in [-0.2, -0.15) is 0 Å². The van der Waals surface area contributed by atoms with Crippen LogP contribution >= 0.6 is 0 Å². The van der Waals surface area contributed by atoms with Crippen LogP contribution in [-0.2, 0) is 26.1 Å². The third kappa shape index (κ3) is 5.13. The minimum absolute atomic E-state index is 0.0594. The summed E-state index contributed by atoms with van der Waals surface area (Å²) in [4.78, 5) is 23.3. The van der Waals surface area contributed by atoms with Crippen molar-refractivity contribution in [3.8, 4) is 0 Å². The van der Waals surface area contributed by atoms with Gasteiger partial charge in [0.05, 0.1) is 0 Å². The Labute approximate surface area is 142 Å². The average Bonchev–Trinajstić information content (AvgIpc) is 3.04. The number of carbonyl (C=O) groups excluding carboxylic acids is 2. The first kappa shape index (κ1) is 18.6. The van der Waals surface area contributed by atoms with Crippen molar-refractivity contribution < 1.29 is 31.6 Å². The quantitative estimate of drug-likeness (QED) is 0.725. The van der Waals surface area contributed by atoms with E-state index >= 15 is 0 Å². The van der Waals surface area contributed by atoms with Crippen LogP contribution in [0.25, 0.3) is 0 Å². The van der Waals surface area contributed by atoms with Crippen LogP contribution in [-0.4, -0.2) is 26.9 Å². The first-order chi connectivity index (χ1) is 11.7. The van der Waals surface area contributed by atoms with Crippen LogP contribution in [0.5, 0.6) is 0 Å². The highest BCUT2D eigenvalue weighted by Crippen LogP contribution is 2.13. The fourth-order valence-corrected chi connectivity index (χ4v) is 2.25. The lowest BCUT2D eigenvalue weighted by Crippen LogP contribution is -2.28. The maximum absolute atomic E-state index is 13.4. The van der Waals surface area contributed by atoms with Crippen LogP contribution in [0, 0.1) is 12.7 Å². The number of sulfonamides is 1. The highest BCUT2D eigenvalue weighted by molar-refractivity contribution is 7.89. The molecule has 0 bridgehead atoms. The molecular weight excluding hydrogens is 355 g/mol. The smallest absolute Gasteiger partial charge is 0.374 e. The van der Waals surface area contributed by atoms with E-state index in [1.165, 1.54) is 6.07 Å². The van der Waals surface area contributed by atoms with Crippen molar-refractivity contribution in [2.24, 2.45) is 5.14 Å². The van der Waals surface area contributed by atoms with Crippen LogP contribution < -0.4 is 10.5 Å². The molecular formula is C15H15FN2O6S. The summed E-state index contributed by atoms with van der Waals surface area (Å²) < 4.78 is 44.9. The summed E-state index contributed by atoms with van der Waals surface area (Å²) in [6.07, 6.45) is 0. The predicted octanol–water partition coefficient (Wildman–Crippen LogP) is 0.848. The molecule has 2 aromatic rings. The minimum atomic E-state index is -4.08. The Kier molecular flexibility index (Phi) is 5.55. The van der Waals surface area contributed by atoms with Crippen LogP contribution in [0.3, 0.4) is 0 Å². The first-order valence-corrected chi connectivity index (χ1v) is 8.53. The van der Waals surface area contributed by atoms with Crippen molar-refractivity contribution in [3.05, 3.63) is 53.0 Å². The van der Waals surface area contributed by atoms with E-state index in [9.17, 15) is 22.4 Å². The third-order valence-electron chi connectivity index (χ3n) is 3.12. The summed E-state index contributed by atoms with van der Waals surface area (Å²) >= 11 is 0. The number of aryl methyl sites for hydroxylation is 1. The van der Waals surface area contributed by atoms with E-state index in [4.69, 9.17) is 14.3 Å². The molecule has 0 radical (unpaired) electrons. The number of furan rings is 1. The molecule has 1 aromatic heterocycles. The Bertz CT molecular complexity index is 906. The lowest BCUT2D eigenvalue weighted by atomic mass is 10.1. The molecule has 8 nitrogen and oxygen atoms in total. The Balaban J connectivity index is 1.84. The minimum Gasteiger partial charge on any atom is -0.450 e. The molecule has 0 aliphatic rings. The summed E-state index contributed by atoms with van der Waals surface area (Å²) in [7, 11) is -4.08. The molecule has 2 rings (SSSR count). The molecule has 0 aliphatic heterocycles. The SMILES string of the molecule is Cc1ccc(CNC(=O)COC(=O)c2ccc(S(N)(=O)=O)o2)cc1F. The van der Waals surface area contributed by atoms with Gasteiger partial charge in [0.2, 0.25) is 10.9 Å². The Hall–Kier alpha value is -2.72. The van der Waals surface area contributed by atoms with Crippen molar-refractivity contribution in [2.75, 3.05) is 6.61 Å². The number of benzene rings is 1. The van der Waals surface area contributed by atoms with Crippen LogP contribution in [0.1, 0.15) is 21.7 Å². The fourth-order valence-electron chi connectivity index (χ4n) is 1.78. The molecule has 0 fully saturated rings. The van der Waals surface area contributed by atoms with Gasteiger partial charge in [-0.05, 0) is 36.2 Å². The number of ether oxygens (including phenoxy) is 1. The monoisotopic (exact) mass is 370 g/mol. The number of amides is 1. The fraction of sp³-hybridized carbons (Fsp3) is 0.200. The Morgan fingerprint density at radius 1 is 1.28 bits per heavy atom. The summed E-state index contributed by atoms with van der Waals surface area (Å²) in [5, 5.41) is 6.70. The van der Waals surface area contributed by atoms with Crippen molar-refractivity contribution in [3.63, 3.8) is 0 Å². The first-order valence-electron chi connectivity index (χ1n) is 6.98. The summed E-state index contributed by atoms with van der Waals surface area (Å²) in [6.45, 7) is 1.07. The average molecular weight is 370 g/mol. The van der Waals surface area contributed by atoms with Gasteiger partial charge in [0.1, 0.15) is 5.82 Å². The normalized spacial score (nSPS) is 11.2.